The summed E-state index contributed by atoms with van der Waals surface area (Å²) in [6.07, 6.45) is 0. The largest absolute Gasteiger partial charge is 0.505 e. The third kappa shape index (κ3) is 1.34. The lowest BCUT2D eigenvalue weighted by molar-refractivity contribution is 0.476. The highest BCUT2D eigenvalue weighted by atomic mass is 16.3. The molecule has 0 fully saturated rings. The summed E-state index contributed by atoms with van der Waals surface area (Å²) < 4.78 is 0. The van der Waals surface area contributed by atoms with E-state index >= 15 is 0 Å². The topological polar surface area (TPSA) is 46.2 Å². The molecule has 0 radical (unpaired) electrons. The highest BCUT2D eigenvalue weighted by Gasteiger charge is 2.02. The van der Waals surface area contributed by atoms with Gasteiger partial charge < -0.3 is 10.8 Å². The van der Waals surface area contributed by atoms with Crippen LogP contribution in [0.1, 0.15) is 12.5 Å². The van der Waals surface area contributed by atoms with E-state index in [1.807, 2.05) is 6.92 Å². The summed E-state index contributed by atoms with van der Waals surface area (Å²) in [5, 5.41) is 9.38. The van der Waals surface area contributed by atoms with Crippen molar-refractivity contribution < 1.29 is 5.11 Å². The summed E-state index contributed by atoms with van der Waals surface area (Å²) in [6, 6.07) is 5.23. The summed E-state index contributed by atoms with van der Waals surface area (Å²) in [5.41, 5.74) is 7.39. The van der Waals surface area contributed by atoms with Gasteiger partial charge in [-0.1, -0.05) is 18.7 Å². The molecule has 11 heavy (non-hydrogen) atoms. The van der Waals surface area contributed by atoms with Crippen LogP contribution in [0.3, 0.4) is 0 Å². The highest BCUT2D eigenvalue weighted by molar-refractivity contribution is 5.72. The van der Waals surface area contributed by atoms with Gasteiger partial charge in [-0.05, 0) is 18.6 Å². The Morgan fingerprint density at radius 1 is 1.55 bits per heavy atom. The second-order valence-corrected chi connectivity index (χ2v) is 2.52. The van der Waals surface area contributed by atoms with Gasteiger partial charge in [0.25, 0.3) is 0 Å². The summed E-state index contributed by atoms with van der Waals surface area (Å²) in [5.74, 6) is 0.125. The third-order valence-electron chi connectivity index (χ3n) is 1.53. The molecule has 0 unspecified atom stereocenters. The van der Waals surface area contributed by atoms with Crippen molar-refractivity contribution in [3.8, 4) is 5.75 Å². The Morgan fingerprint density at radius 2 is 2.18 bits per heavy atom. The molecule has 3 N–H and O–H groups in total. The predicted octanol–water partition coefficient (Wildman–Crippen LogP) is 2.01. The Morgan fingerprint density at radius 3 is 2.64 bits per heavy atom. The fraction of sp³-hybridized carbons (Fsp3) is 0.111. The van der Waals surface area contributed by atoms with E-state index in [1.54, 1.807) is 18.2 Å². The minimum absolute atomic E-state index is 0.125. The quantitative estimate of drug-likeness (QED) is 0.474. The Bertz CT molecular complexity index is 292. The van der Waals surface area contributed by atoms with E-state index in [9.17, 15) is 5.11 Å². The molecule has 0 aromatic heterocycles. The van der Waals surface area contributed by atoms with Gasteiger partial charge in [0.2, 0.25) is 0 Å². The molecule has 58 valence electrons. The molecule has 0 aliphatic rings. The van der Waals surface area contributed by atoms with Crippen LogP contribution in [0.15, 0.2) is 24.8 Å². The second kappa shape index (κ2) is 2.66. The lowest BCUT2D eigenvalue weighted by Crippen LogP contribution is -1.88. The van der Waals surface area contributed by atoms with Gasteiger partial charge in [0.05, 0.1) is 5.69 Å². The summed E-state index contributed by atoms with van der Waals surface area (Å²) in [6.45, 7) is 5.54. The number of hydrogen-bond donors (Lipinski definition) is 2. The number of benzene rings is 1. The van der Waals surface area contributed by atoms with Crippen LogP contribution in [0, 0.1) is 0 Å². The van der Waals surface area contributed by atoms with E-state index < -0.39 is 0 Å². The van der Waals surface area contributed by atoms with Crippen LogP contribution < -0.4 is 5.73 Å². The Kier molecular flexibility index (Phi) is 1.85. The number of rotatable bonds is 1. The molecule has 0 bridgehead atoms. The van der Waals surface area contributed by atoms with Gasteiger partial charge >= 0.3 is 0 Å². The first-order chi connectivity index (χ1) is 5.13. The number of anilines is 1. The van der Waals surface area contributed by atoms with E-state index in [0.29, 0.717) is 11.3 Å². The number of phenolic OH excluding ortho intramolecular Hbond substituents is 1. The van der Waals surface area contributed by atoms with Crippen molar-refractivity contribution in [2.45, 2.75) is 6.92 Å². The van der Waals surface area contributed by atoms with Crippen LogP contribution in [0.4, 0.5) is 5.69 Å². The molecule has 0 atom stereocenters. The van der Waals surface area contributed by atoms with Crippen molar-refractivity contribution >= 4 is 11.3 Å². The number of aromatic hydroxyl groups is 1. The first-order valence-electron chi connectivity index (χ1n) is 3.36. The maximum Gasteiger partial charge on any atom is 0.145 e. The van der Waals surface area contributed by atoms with Crippen molar-refractivity contribution in [2.75, 3.05) is 5.73 Å². The molecule has 0 saturated heterocycles. The van der Waals surface area contributed by atoms with Crippen LogP contribution in [0.2, 0.25) is 0 Å². The zero-order chi connectivity index (χ0) is 8.43. The number of allylic oxidation sites excluding steroid dienone is 1. The average molecular weight is 149 g/mol. The van der Waals surface area contributed by atoms with E-state index in [-0.39, 0.29) is 5.75 Å². The maximum atomic E-state index is 9.38. The fourth-order valence-electron chi connectivity index (χ4n) is 0.906. The molecule has 0 amide bonds. The monoisotopic (exact) mass is 149 g/mol. The third-order valence-corrected chi connectivity index (χ3v) is 1.53. The van der Waals surface area contributed by atoms with E-state index in [4.69, 9.17) is 5.73 Å². The normalized spacial score (nSPS) is 9.55. The molecular formula is C9H11NO. The standard InChI is InChI=1S/C9H11NO/c1-6(2)7-4-3-5-8(10)9(7)11/h3-5,11H,1,10H2,2H3. The van der Waals surface area contributed by atoms with Crippen molar-refractivity contribution in [1.82, 2.24) is 0 Å². The van der Waals surface area contributed by atoms with Gasteiger partial charge in [-0.2, -0.15) is 0 Å². The Hall–Kier alpha value is -1.44. The van der Waals surface area contributed by atoms with E-state index in [2.05, 4.69) is 6.58 Å². The van der Waals surface area contributed by atoms with Gasteiger partial charge in [-0.3, -0.25) is 0 Å². The predicted molar refractivity (Wildman–Crippen MR) is 47.2 cm³/mol. The summed E-state index contributed by atoms with van der Waals surface area (Å²) in [7, 11) is 0. The molecule has 2 heteroatoms. The zero-order valence-corrected chi connectivity index (χ0v) is 6.46. The van der Waals surface area contributed by atoms with Crippen molar-refractivity contribution in [3.05, 3.63) is 30.3 Å². The number of nitrogen functional groups attached to an aromatic ring is 1. The van der Waals surface area contributed by atoms with Gasteiger partial charge in [-0.15, -0.1) is 0 Å². The Labute approximate surface area is 66.0 Å². The maximum absolute atomic E-state index is 9.38. The van der Waals surface area contributed by atoms with Crippen LogP contribution >= 0.6 is 0 Å². The van der Waals surface area contributed by atoms with Crippen molar-refractivity contribution in [2.24, 2.45) is 0 Å². The molecular weight excluding hydrogens is 138 g/mol. The molecule has 0 aliphatic heterocycles. The van der Waals surface area contributed by atoms with Crippen molar-refractivity contribution in [3.63, 3.8) is 0 Å². The van der Waals surface area contributed by atoms with Crippen LogP contribution in [-0.4, -0.2) is 5.11 Å². The second-order valence-electron chi connectivity index (χ2n) is 2.52. The van der Waals surface area contributed by atoms with Crippen LogP contribution in [0.25, 0.3) is 5.57 Å². The van der Waals surface area contributed by atoms with E-state index in [0.717, 1.165) is 5.57 Å². The van der Waals surface area contributed by atoms with Gasteiger partial charge in [0.1, 0.15) is 5.75 Å². The zero-order valence-electron chi connectivity index (χ0n) is 6.46. The van der Waals surface area contributed by atoms with Crippen molar-refractivity contribution in [1.29, 1.82) is 0 Å². The minimum Gasteiger partial charge on any atom is -0.505 e. The van der Waals surface area contributed by atoms with Crippen LogP contribution in [0.5, 0.6) is 5.75 Å². The van der Waals surface area contributed by atoms with Gasteiger partial charge in [0, 0.05) is 5.56 Å². The number of hydrogen-bond acceptors (Lipinski definition) is 2. The lowest BCUT2D eigenvalue weighted by Gasteiger charge is -2.04. The molecule has 2 nitrogen and oxygen atoms in total. The van der Waals surface area contributed by atoms with Gasteiger partial charge in [0.15, 0.2) is 0 Å². The molecule has 1 aromatic carbocycles. The first kappa shape index (κ1) is 7.66. The molecule has 1 rings (SSSR count). The van der Waals surface area contributed by atoms with Crippen LogP contribution in [-0.2, 0) is 0 Å². The smallest absolute Gasteiger partial charge is 0.145 e. The SMILES string of the molecule is C=C(C)c1cccc(N)c1O. The Balaban J connectivity index is 3.27. The number of nitrogens with two attached hydrogens (primary N) is 1. The number of para-hydroxylation sites is 1. The first-order valence-corrected chi connectivity index (χ1v) is 3.36. The minimum atomic E-state index is 0.125. The molecule has 0 heterocycles. The van der Waals surface area contributed by atoms with E-state index in [1.165, 1.54) is 0 Å². The lowest BCUT2D eigenvalue weighted by atomic mass is 10.1. The summed E-state index contributed by atoms with van der Waals surface area (Å²) >= 11 is 0. The number of phenols is 1. The highest BCUT2D eigenvalue weighted by Crippen LogP contribution is 2.28. The van der Waals surface area contributed by atoms with Gasteiger partial charge in [-0.25, -0.2) is 0 Å². The fourth-order valence-corrected chi connectivity index (χ4v) is 0.906. The average Bonchev–Trinajstić information content (AvgIpc) is 1.94. The molecule has 0 spiro atoms. The molecule has 1 aromatic rings. The molecule has 0 aliphatic carbocycles. The summed E-state index contributed by atoms with van der Waals surface area (Å²) in [4.78, 5) is 0. The molecule has 0 saturated carbocycles.